The normalized spacial score (nSPS) is 10.0. The molecule has 0 aliphatic rings. The van der Waals surface area contributed by atoms with Gasteiger partial charge in [-0.25, -0.2) is 9.97 Å². The first kappa shape index (κ1) is 8.96. The van der Waals surface area contributed by atoms with Crippen molar-refractivity contribution in [3.05, 3.63) is 34.8 Å². The zero-order valence-electron chi connectivity index (χ0n) is 7.47. The Balaban J connectivity index is 1.98. The standard InChI is InChI=1S/C9H10N4S/c10-8-3-9(13-6-12-8)11-4-7-1-2-14-5-7/h1-3,5-6H,4H2,(H3,10,11,12,13). The van der Waals surface area contributed by atoms with Crippen molar-refractivity contribution < 1.29 is 0 Å². The van der Waals surface area contributed by atoms with Crippen molar-refractivity contribution in [2.45, 2.75) is 6.54 Å². The molecule has 0 aliphatic heterocycles. The average molecular weight is 206 g/mol. The molecule has 0 bridgehead atoms. The minimum atomic E-state index is 0.479. The number of nitrogen functional groups attached to an aromatic ring is 1. The first-order valence-corrected chi connectivity index (χ1v) is 5.11. The molecule has 3 N–H and O–H groups in total. The Bertz CT molecular complexity index is 399. The van der Waals surface area contributed by atoms with Gasteiger partial charge in [-0.05, 0) is 22.4 Å². The van der Waals surface area contributed by atoms with Crippen LogP contribution in [0.15, 0.2) is 29.2 Å². The molecular formula is C9H10N4S. The summed E-state index contributed by atoms with van der Waals surface area (Å²) < 4.78 is 0. The van der Waals surface area contributed by atoms with Crippen LogP contribution in [0.1, 0.15) is 5.56 Å². The lowest BCUT2D eigenvalue weighted by molar-refractivity contribution is 1.09. The van der Waals surface area contributed by atoms with Gasteiger partial charge in [-0.1, -0.05) is 0 Å². The zero-order chi connectivity index (χ0) is 9.80. The Morgan fingerprint density at radius 1 is 1.43 bits per heavy atom. The molecular weight excluding hydrogens is 196 g/mol. The monoisotopic (exact) mass is 206 g/mol. The SMILES string of the molecule is Nc1cc(NCc2ccsc2)ncn1. The van der Waals surface area contributed by atoms with E-state index in [4.69, 9.17) is 5.73 Å². The van der Waals surface area contributed by atoms with Crippen LogP contribution in [0.3, 0.4) is 0 Å². The van der Waals surface area contributed by atoms with Crippen molar-refractivity contribution in [2.75, 3.05) is 11.1 Å². The molecule has 0 saturated heterocycles. The molecule has 14 heavy (non-hydrogen) atoms. The van der Waals surface area contributed by atoms with E-state index in [-0.39, 0.29) is 0 Å². The number of hydrogen-bond donors (Lipinski definition) is 2. The Labute approximate surface area is 85.8 Å². The smallest absolute Gasteiger partial charge is 0.131 e. The van der Waals surface area contributed by atoms with Gasteiger partial charge in [0, 0.05) is 12.6 Å². The van der Waals surface area contributed by atoms with E-state index < -0.39 is 0 Å². The number of nitrogens with one attached hydrogen (secondary N) is 1. The Morgan fingerprint density at radius 3 is 3.07 bits per heavy atom. The number of aromatic nitrogens is 2. The second kappa shape index (κ2) is 4.06. The molecule has 0 saturated carbocycles. The summed E-state index contributed by atoms with van der Waals surface area (Å²) in [6.45, 7) is 0.764. The van der Waals surface area contributed by atoms with E-state index in [2.05, 4.69) is 26.7 Å². The van der Waals surface area contributed by atoms with Crippen molar-refractivity contribution in [3.63, 3.8) is 0 Å². The number of hydrogen-bond acceptors (Lipinski definition) is 5. The summed E-state index contributed by atoms with van der Waals surface area (Å²) in [5.41, 5.74) is 6.76. The molecule has 5 heteroatoms. The van der Waals surface area contributed by atoms with Crippen LogP contribution in [0, 0.1) is 0 Å². The highest BCUT2D eigenvalue weighted by Crippen LogP contribution is 2.10. The third-order valence-corrected chi connectivity index (χ3v) is 2.47. The van der Waals surface area contributed by atoms with Gasteiger partial charge in [-0.3, -0.25) is 0 Å². The number of thiophene rings is 1. The van der Waals surface area contributed by atoms with Crippen molar-refractivity contribution in [1.29, 1.82) is 0 Å². The molecule has 0 amide bonds. The van der Waals surface area contributed by atoms with Crippen LogP contribution >= 0.6 is 11.3 Å². The van der Waals surface area contributed by atoms with Gasteiger partial charge in [-0.2, -0.15) is 11.3 Å². The van der Waals surface area contributed by atoms with E-state index in [0.717, 1.165) is 12.4 Å². The molecule has 0 aromatic carbocycles. The summed E-state index contributed by atoms with van der Waals surface area (Å²) in [6, 6.07) is 3.79. The number of rotatable bonds is 3. The van der Waals surface area contributed by atoms with Crippen LogP contribution in [-0.4, -0.2) is 9.97 Å². The van der Waals surface area contributed by atoms with E-state index in [1.54, 1.807) is 17.4 Å². The number of nitrogens with two attached hydrogens (primary N) is 1. The van der Waals surface area contributed by atoms with E-state index >= 15 is 0 Å². The van der Waals surface area contributed by atoms with Crippen LogP contribution in [0.25, 0.3) is 0 Å². The lowest BCUT2D eigenvalue weighted by Gasteiger charge is -2.03. The molecule has 2 rings (SSSR count). The Kier molecular flexibility index (Phi) is 2.60. The maximum absolute atomic E-state index is 5.52. The van der Waals surface area contributed by atoms with E-state index in [1.165, 1.54) is 11.9 Å². The fourth-order valence-electron chi connectivity index (χ4n) is 1.05. The lowest BCUT2D eigenvalue weighted by Crippen LogP contribution is -2.01. The number of anilines is 2. The Morgan fingerprint density at radius 2 is 2.36 bits per heavy atom. The van der Waals surface area contributed by atoms with Gasteiger partial charge in [0.1, 0.15) is 18.0 Å². The molecule has 4 nitrogen and oxygen atoms in total. The van der Waals surface area contributed by atoms with Crippen LogP contribution in [0.2, 0.25) is 0 Å². The van der Waals surface area contributed by atoms with Crippen LogP contribution in [0.5, 0.6) is 0 Å². The predicted octanol–water partition coefficient (Wildman–Crippen LogP) is 1.73. The molecule has 0 aliphatic carbocycles. The summed E-state index contributed by atoms with van der Waals surface area (Å²) in [5, 5.41) is 7.31. The fraction of sp³-hybridized carbons (Fsp3) is 0.111. The predicted molar refractivity (Wildman–Crippen MR) is 58.1 cm³/mol. The van der Waals surface area contributed by atoms with E-state index in [0.29, 0.717) is 5.82 Å². The second-order valence-corrected chi connectivity index (χ2v) is 3.59. The van der Waals surface area contributed by atoms with Crippen LogP contribution in [0.4, 0.5) is 11.6 Å². The lowest BCUT2D eigenvalue weighted by atomic mass is 10.3. The van der Waals surface area contributed by atoms with E-state index in [9.17, 15) is 0 Å². The highest BCUT2D eigenvalue weighted by Gasteiger charge is 1.96. The molecule has 2 heterocycles. The van der Waals surface area contributed by atoms with Gasteiger partial charge in [-0.15, -0.1) is 0 Å². The summed E-state index contributed by atoms with van der Waals surface area (Å²) in [4.78, 5) is 7.85. The van der Waals surface area contributed by atoms with Crippen molar-refractivity contribution in [3.8, 4) is 0 Å². The quantitative estimate of drug-likeness (QED) is 0.802. The third kappa shape index (κ3) is 2.20. The fourth-order valence-corrected chi connectivity index (χ4v) is 1.72. The maximum Gasteiger partial charge on any atom is 0.131 e. The maximum atomic E-state index is 5.52. The first-order chi connectivity index (χ1) is 6.84. The molecule has 0 atom stereocenters. The summed E-state index contributed by atoms with van der Waals surface area (Å²) in [6.07, 6.45) is 1.45. The summed E-state index contributed by atoms with van der Waals surface area (Å²) >= 11 is 1.68. The van der Waals surface area contributed by atoms with Crippen LogP contribution in [-0.2, 0) is 6.54 Å². The highest BCUT2D eigenvalue weighted by molar-refractivity contribution is 7.07. The van der Waals surface area contributed by atoms with Gasteiger partial charge in [0.25, 0.3) is 0 Å². The minimum Gasteiger partial charge on any atom is -0.384 e. The van der Waals surface area contributed by atoms with Crippen molar-refractivity contribution in [1.82, 2.24) is 9.97 Å². The minimum absolute atomic E-state index is 0.479. The topological polar surface area (TPSA) is 63.8 Å². The van der Waals surface area contributed by atoms with E-state index in [1.807, 2.05) is 5.38 Å². The first-order valence-electron chi connectivity index (χ1n) is 4.17. The average Bonchev–Trinajstić information content (AvgIpc) is 2.67. The van der Waals surface area contributed by atoms with Gasteiger partial charge in [0.05, 0.1) is 0 Å². The van der Waals surface area contributed by atoms with Gasteiger partial charge in [0.15, 0.2) is 0 Å². The largest absolute Gasteiger partial charge is 0.384 e. The van der Waals surface area contributed by atoms with Crippen LogP contribution < -0.4 is 11.1 Å². The molecule has 72 valence electrons. The van der Waals surface area contributed by atoms with Gasteiger partial charge in [0.2, 0.25) is 0 Å². The molecule has 0 spiro atoms. The molecule has 0 unspecified atom stereocenters. The highest BCUT2D eigenvalue weighted by atomic mass is 32.1. The molecule has 0 radical (unpaired) electrons. The number of nitrogens with zero attached hydrogens (tertiary/aromatic N) is 2. The van der Waals surface area contributed by atoms with Gasteiger partial charge < -0.3 is 11.1 Å². The molecule has 2 aromatic rings. The Hall–Kier alpha value is -1.62. The third-order valence-electron chi connectivity index (χ3n) is 1.74. The molecule has 0 fully saturated rings. The van der Waals surface area contributed by atoms with Crippen molar-refractivity contribution >= 4 is 23.0 Å². The second-order valence-electron chi connectivity index (χ2n) is 2.81. The molecule has 2 aromatic heterocycles. The zero-order valence-corrected chi connectivity index (χ0v) is 8.29. The van der Waals surface area contributed by atoms with Crippen molar-refractivity contribution in [2.24, 2.45) is 0 Å². The van der Waals surface area contributed by atoms with Gasteiger partial charge >= 0.3 is 0 Å². The summed E-state index contributed by atoms with van der Waals surface area (Å²) in [5.74, 6) is 1.23. The summed E-state index contributed by atoms with van der Waals surface area (Å²) in [7, 11) is 0.